The van der Waals surface area contributed by atoms with Crippen molar-refractivity contribution >= 4 is 33.3 Å². The fourth-order valence-corrected chi connectivity index (χ4v) is 3.77. The van der Waals surface area contributed by atoms with Gasteiger partial charge in [0, 0.05) is 12.2 Å². The minimum Gasteiger partial charge on any atom is -0.324 e. The summed E-state index contributed by atoms with van der Waals surface area (Å²) in [5.41, 5.74) is 8.02. The molecule has 0 radical (unpaired) electrons. The smallest absolute Gasteiger partial charge is 0.157 e. The second-order valence-electron chi connectivity index (χ2n) is 4.27. The van der Waals surface area contributed by atoms with Gasteiger partial charge in [-0.25, -0.2) is 9.97 Å². The van der Waals surface area contributed by atoms with E-state index in [1.54, 1.807) is 29.3 Å². The van der Waals surface area contributed by atoms with Gasteiger partial charge in [0.15, 0.2) is 4.34 Å². The molecule has 3 aromatic rings. The number of thiazole rings is 1. The van der Waals surface area contributed by atoms with E-state index in [0.29, 0.717) is 0 Å². The van der Waals surface area contributed by atoms with Crippen LogP contribution < -0.4 is 5.73 Å². The van der Waals surface area contributed by atoms with E-state index >= 15 is 0 Å². The second-order valence-corrected chi connectivity index (χ2v) is 6.56. The molecule has 19 heavy (non-hydrogen) atoms. The van der Waals surface area contributed by atoms with Crippen molar-refractivity contribution in [1.82, 2.24) is 9.97 Å². The average molecular weight is 287 g/mol. The summed E-state index contributed by atoms with van der Waals surface area (Å²) < 4.78 is 2.21. The number of pyridine rings is 1. The summed E-state index contributed by atoms with van der Waals surface area (Å²) in [7, 11) is 0. The van der Waals surface area contributed by atoms with Gasteiger partial charge >= 0.3 is 0 Å². The standard InChI is InChI=1S/C14H13N3S2/c1-9(15)10-6-7-16-13(8-10)19-14-17-11-4-2-3-5-12(11)18-14/h2-9H,15H2,1H3/t9-/m1/s1. The number of benzene rings is 1. The number of para-hydroxylation sites is 1. The van der Waals surface area contributed by atoms with Gasteiger partial charge in [-0.2, -0.15) is 0 Å². The molecule has 0 saturated carbocycles. The molecule has 3 nitrogen and oxygen atoms in total. The van der Waals surface area contributed by atoms with E-state index in [0.717, 1.165) is 20.4 Å². The van der Waals surface area contributed by atoms with Crippen molar-refractivity contribution in [2.24, 2.45) is 5.73 Å². The molecule has 5 heteroatoms. The summed E-state index contributed by atoms with van der Waals surface area (Å²) in [5, 5.41) is 0.939. The molecular formula is C14H13N3S2. The molecule has 0 aliphatic rings. The molecule has 0 bridgehead atoms. The van der Waals surface area contributed by atoms with Crippen molar-refractivity contribution < 1.29 is 0 Å². The number of rotatable bonds is 3. The summed E-state index contributed by atoms with van der Waals surface area (Å²) >= 11 is 3.27. The third kappa shape index (κ3) is 2.78. The van der Waals surface area contributed by atoms with Crippen LogP contribution in [0.15, 0.2) is 52.0 Å². The minimum atomic E-state index is 0.0257. The van der Waals surface area contributed by atoms with E-state index in [1.165, 1.54) is 4.70 Å². The highest BCUT2D eigenvalue weighted by atomic mass is 32.2. The Morgan fingerprint density at radius 2 is 2.11 bits per heavy atom. The maximum absolute atomic E-state index is 5.89. The van der Waals surface area contributed by atoms with Crippen molar-refractivity contribution in [3.63, 3.8) is 0 Å². The molecular weight excluding hydrogens is 274 g/mol. The zero-order chi connectivity index (χ0) is 13.2. The fourth-order valence-electron chi connectivity index (χ4n) is 1.75. The van der Waals surface area contributed by atoms with Crippen LogP contribution in [0.4, 0.5) is 0 Å². The maximum atomic E-state index is 5.89. The molecule has 3 rings (SSSR count). The highest BCUT2D eigenvalue weighted by Gasteiger charge is 2.07. The van der Waals surface area contributed by atoms with Crippen molar-refractivity contribution in [1.29, 1.82) is 0 Å². The predicted octanol–water partition coefficient (Wildman–Crippen LogP) is 3.86. The van der Waals surface area contributed by atoms with Gasteiger partial charge in [0.1, 0.15) is 5.03 Å². The largest absolute Gasteiger partial charge is 0.324 e. The Morgan fingerprint density at radius 3 is 2.89 bits per heavy atom. The third-order valence-electron chi connectivity index (χ3n) is 2.75. The zero-order valence-corrected chi connectivity index (χ0v) is 12.0. The van der Waals surface area contributed by atoms with E-state index in [4.69, 9.17) is 5.73 Å². The molecule has 1 aromatic carbocycles. The third-order valence-corrected chi connectivity index (χ3v) is 4.78. The highest BCUT2D eigenvalue weighted by molar-refractivity contribution is 8.01. The van der Waals surface area contributed by atoms with Gasteiger partial charge in [-0.1, -0.05) is 12.1 Å². The van der Waals surface area contributed by atoms with E-state index in [2.05, 4.69) is 16.0 Å². The van der Waals surface area contributed by atoms with Crippen LogP contribution in [-0.2, 0) is 0 Å². The van der Waals surface area contributed by atoms with Crippen molar-refractivity contribution in [2.75, 3.05) is 0 Å². The molecule has 2 N–H and O–H groups in total. The predicted molar refractivity (Wildman–Crippen MR) is 80.6 cm³/mol. The van der Waals surface area contributed by atoms with Gasteiger partial charge in [-0.15, -0.1) is 11.3 Å². The first-order valence-electron chi connectivity index (χ1n) is 5.97. The lowest BCUT2D eigenvalue weighted by Crippen LogP contribution is -2.04. The number of aromatic nitrogens is 2. The number of nitrogens with zero attached hydrogens (tertiary/aromatic N) is 2. The van der Waals surface area contributed by atoms with Crippen molar-refractivity contribution in [3.8, 4) is 0 Å². The second kappa shape index (κ2) is 5.28. The van der Waals surface area contributed by atoms with E-state index < -0.39 is 0 Å². The number of hydrogen-bond acceptors (Lipinski definition) is 5. The van der Waals surface area contributed by atoms with Crippen LogP contribution in [0.5, 0.6) is 0 Å². The van der Waals surface area contributed by atoms with Gasteiger partial charge in [-0.3, -0.25) is 0 Å². The van der Waals surface area contributed by atoms with Gasteiger partial charge in [0.2, 0.25) is 0 Å². The van der Waals surface area contributed by atoms with Crippen molar-refractivity contribution in [3.05, 3.63) is 48.2 Å². The molecule has 0 aliphatic carbocycles. The van der Waals surface area contributed by atoms with Gasteiger partial charge in [0.05, 0.1) is 10.2 Å². The first kappa shape index (κ1) is 12.6. The zero-order valence-electron chi connectivity index (χ0n) is 10.4. The SMILES string of the molecule is C[C@@H](N)c1ccnc(Sc2nc3ccccc3s2)c1. The lowest BCUT2D eigenvalue weighted by atomic mass is 10.1. The molecule has 0 unspecified atom stereocenters. The van der Waals surface area contributed by atoms with Gasteiger partial charge < -0.3 is 5.73 Å². The Balaban J connectivity index is 1.90. The molecule has 96 valence electrons. The highest BCUT2D eigenvalue weighted by Crippen LogP contribution is 2.33. The summed E-state index contributed by atoms with van der Waals surface area (Å²) in [6.45, 7) is 1.97. The quantitative estimate of drug-likeness (QED) is 0.794. The number of hydrogen-bond donors (Lipinski definition) is 1. The van der Waals surface area contributed by atoms with Crippen LogP contribution in [0.1, 0.15) is 18.5 Å². The monoisotopic (exact) mass is 287 g/mol. The van der Waals surface area contributed by atoms with Gasteiger partial charge in [0.25, 0.3) is 0 Å². The fraction of sp³-hybridized carbons (Fsp3) is 0.143. The molecule has 1 atom stereocenters. The van der Waals surface area contributed by atoms with E-state index in [1.807, 2.05) is 37.3 Å². The summed E-state index contributed by atoms with van der Waals surface area (Å²) in [5.74, 6) is 0. The van der Waals surface area contributed by atoms with E-state index in [-0.39, 0.29) is 6.04 Å². The average Bonchev–Trinajstić information content (AvgIpc) is 2.81. The minimum absolute atomic E-state index is 0.0257. The molecule has 0 spiro atoms. The van der Waals surface area contributed by atoms with Crippen LogP contribution >= 0.6 is 23.1 Å². The summed E-state index contributed by atoms with van der Waals surface area (Å²) in [6.07, 6.45) is 1.80. The summed E-state index contributed by atoms with van der Waals surface area (Å²) in [4.78, 5) is 8.95. The maximum Gasteiger partial charge on any atom is 0.157 e. The van der Waals surface area contributed by atoms with Crippen LogP contribution in [-0.4, -0.2) is 9.97 Å². The normalized spacial score (nSPS) is 12.7. The van der Waals surface area contributed by atoms with Crippen LogP contribution in [0.3, 0.4) is 0 Å². The molecule has 0 saturated heterocycles. The molecule has 2 aromatic heterocycles. The molecule has 0 fully saturated rings. The Morgan fingerprint density at radius 1 is 1.26 bits per heavy atom. The molecule has 0 amide bonds. The number of nitrogens with two attached hydrogens (primary N) is 1. The van der Waals surface area contributed by atoms with Crippen LogP contribution in [0.25, 0.3) is 10.2 Å². The Labute approximate surface area is 119 Å². The first-order chi connectivity index (χ1) is 9.22. The van der Waals surface area contributed by atoms with Crippen LogP contribution in [0.2, 0.25) is 0 Å². The van der Waals surface area contributed by atoms with Crippen molar-refractivity contribution in [2.45, 2.75) is 22.3 Å². The molecule has 2 heterocycles. The van der Waals surface area contributed by atoms with E-state index in [9.17, 15) is 0 Å². The number of fused-ring (bicyclic) bond motifs is 1. The topological polar surface area (TPSA) is 51.8 Å². The molecule has 0 aliphatic heterocycles. The Hall–Kier alpha value is -1.43. The van der Waals surface area contributed by atoms with Gasteiger partial charge in [-0.05, 0) is 48.5 Å². The Kier molecular flexibility index (Phi) is 3.50. The Bertz CT molecular complexity index is 673. The van der Waals surface area contributed by atoms with Crippen LogP contribution in [0, 0.1) is 0 Å². The lowest BCUT2D eigenvalue weighted by molar-refractivity contribution is 0.808. The lowest BCUT2D eigenvalue weighted by Gasteiger charge is -2.05. The first-order valence-corrected chi connectivity index (χ1v) is 7.60. The summed E-state index contributed by atoms with van der Waals surface area (Å²) in [6, 6.07) is 12.2.